The number of sulfone groups is 1. The highest BCUT2D eigenvalue weighted by atomic mass is 32.2. The summed E-state index contributed by atoms with van der Waals surface area (Å²) in [6.45, 7) is 2.62. The maximum Gasteiger partial charge on any atom is 0.306 e. The molecule has 0 bridgehead atoms. The van der Waals surface area contributed by atoms with Crippen LogP contribution in [-0.2, 0) is 19.4 Å². The Bertz CT molecular complexity index is 393. The summed E-state index contributed by atoms with van der Waals surface area (Å²) in [4.78, 5) is 13.4. The largest absolute Gasteiger partial charge is 0.469 e. The van der Waals surface area contributed by atoms with Gasteiger partial charge in [0.15, 0.2) is 9.84 Å². The van der Waals surface area contributed by atoms with Gasteiger partial charge < -0.3 is 9.64 Å². The minimum Gasteiger partial charge on any atom is -0.469 e. The Hall–Kier alpha value is -0.620. The third-order valence-electron chi connectivity index (χ3n) is 3.95. The molecule has 0 aromatic rings. The third-order valence-corrected chi connectivity index (χ3v) is 6.15. The molecule has 1 heterocycles. The highest BCUT2D eigenvalue weighted by Gasteiger charge is 2.27. The summed E-state index contributed by atoms with van der Waals surface area (Å²) in [5.41, 5.74) is 0. The van der Waals surface area contributed by atoms with E-state index in [1.54, 1.807) is 6.92 Å². The van der Waals surface area contributed by atoms with Crippen molar-refractivity contribution in [3.8, 4) is 0 Å². The van der Waals surface area contributed by atoms with Gasteiger partial charge in [-0.05, 0) is 39.8 Å². The van der Waals surface area contributed by atoms with E-state index < -0.39 is 21.1 Å². The van der Waals surface area contributed by atoms with Crippen LogP contribution < -0.4 is 0 Å². The molecule has 2 atom stereocenters. The molecule has 112 valence electrons. The molecule has 2 unspecified atom stereocenters. The van der Waals surface area contributed by atoms with E-state index in [0.717, 1.165) is 13.0 Å². The van der Waals surface area contributed by atoms with Crippen molar-refractivity contribution < 1.29 is 17.9 Å². The third kappa shape index (κ3) is 5.10. The van der Waals surface area contributed by atoms with Gasteiger partial charge in [-0.25, -0.2) is 8.42 Å². The molecule has 0 aromatic heterocycles. The lowest BCUT2D eigenvalue weighted by atomic mass is 10.0. The molecule has 0 spiro atoms. The van der Waals surface area contributed by atoms with Gasteiger partial charge in [0.05, 0.1) is 24.5 Å². The van der Waals surface area contributed by atoms with Gasteiger partial charge in [0, 0.05) is 6.04 Å². The van der Waals surface area contributed by atoms with E-state index in [0.29, 0.717) is 12.5 Å². The van der Waals surface area contributed by atoms with E-state index in [1.807, 2.05) is 7.05 Å². The molecule has 1 rings (SSSR count). The fourth-order valence-corrected chi connectivity index (χ4v) is 3.85. The summed E-state index contributed by atoms with van der Waals surface area (Å²) in [6.07, 6.45) is 4.03. The molecule has 0 aliphatic carbocycles. The lowest BCUT2D eigenvalue weighted by Gasteiger charge is -2.32. The Kier molecular flexibility index (Phi) is 6.26. The second kappa shape index (κ2) is 7.24. The molecule has 5 nitrogen and oxygen atoms in total. The molecule has 19 heavy (non-hydrogen) atoms. The van der Waals surface area contributed by atoms with Gasteiger partial charge in [-0.1, -0.05) is 6.42 Å². The summed E-state index contributed by atoms with van der Waals surface area (Å²) >= 11 is 0. The molecule has 0 radical (unpaired) electrons. The van der Waals surface area contributed by atoms with Crippen molar-refractivity contribution in [2.24, 2.45) is 0 Å². The first kappa shape index (κ1) is 16.4. The average Bonchev–Trinajstić information content (AvgIpc) is 2.37. The number of nitrogens with zero attached hydrogens (tertiary/aromatic N) is 1. The van der Waals surface area contributed by atoms with Gasteiger partial charge in [-0.2, -0.15) is 0 Å². The van der Waals surface area contributed by atoms with Gasteiger partial charge >= 0.3 is 5.97 Å². The van der Waals surface area contributed by atoms with Gasteiger partial charge in [-0.3, -0.25) is 4.79 Å². The van der Waals surface area contributed by atoms with Gasteiger partial charge in [0.1, 0.15) is 0 Å². The second-order valence-electron chi connectivity index (χ2n) is 5.38. The second-order valence-corrected chi connectivity index (χ2v) is 7.92. The van der Waals surface area contributed by atoms with Crippen molar-refractivity contribution in [2.45, 2.75) is 50.3 Å². The Balaban J connectivity index is 2.47. The van der Waals surface area contributed by atoms with Crippen LogP contribution in [0.3, 0.4) is 0 Å². The molecule has 1 saturated heterocycles. The van der Waals surface area contributed by atoms with Crippen LogP contribution in [0, 0.1) is 0 Å². The van der Waals surface area contributed by atoms with Crippen molar-refractivity contribution >= 4 is 15.8 Å². The standard InChI is InChI=1S/C13H25NO4S/c1-11(10-13(15)18-3)19(16,17)9-7-12-6-4-5-8-14(12)2/h11-12H,4-10H2,1-3H3. The molecule has 1 aliphatic rings. The number of carbonyl (C=O) groups excluding carboxylic acids is 1. The zero-order valence-corrected chi connectivity index (χ0v) is 12.9. The van der Waals surface area contributed by atoms with Crippen LogP contribution >= 0.6 is 0 Å². The fraction of sp³-hybridized carbons (Fsp3) is 0.923. The lowest BCUT2D eigenvalue weighted by Crippen LogP contribution is -2.38. The average molecular weight is 291 g/mol. The maximum atomic E-state index is 12.1. The quantitative estimate of drug-likeness (QED) is 0.689. The van der Waals surface area contributed by atoms with Gasteiger partial charge in [0.2, 0.25) is 0 Å². The topological polar surface area (TPSA) is 63.7 Å². The van der Waals surface area contributed by atoms with E-state index in [-0.39, 0.29) is 12.2 Å². The minimum atomic E-state index is -3.22. The van der Waals surface area contributed by atoms with Crippen LogP contribution in [0.4, 0.5) is 0 Å². The molecular weight excluding hydrogens is 266 g/mol. The molecule has 0 N–H and O–H groups in total. The molecule has 6 heteroatoms. The Morgan fingerprint density at radius 1 is 1.42 bits per heavy atom. The van der Waals surface area contributed by atoms with Crippen LogP contribution in [0.25, 0.3) is 0 Å². The first-order valence-electron chi connectivity index (χ1n) is 6.85. The molecule has 0 saturated carbocycles. The van der Waals surface area contributed by atoms with Crippen molar-refractivity contribution in [3.63, 3.8) is 0 Å². The number of esters is 1. The molecular formula is C13H25NO4S. The zero-order valence-electron chi connectivity index (χ0n) is 12.1. The normalized spacial score (nSPS) is 23.0. The number of methoxy groups -OCH3 is 1. The number of hydrogen-bond donors (Lipinski definition) is 0. The molecule has 1 fully saturated rings. The fourth-order valence-electron chi connectivity index (χ4n) is 2.46. The van der Waals surface area contributed by atoms with Crippen LogP contribution in [0.2, 0.25) is 0 Å². The summed E-state index contributed by atoms with van der Waals surface area (Å²) in [5.74, 6) is -0.314. The maximum absolute atomic E-state index is 12.1. The lowest BCUT2D eigenvalue weighted by molar-refractivity contribution is -0.140. The van der Waals surface area contributed by atoms with E-state index in [1.165, 1.54) is 20.0 Å². The predicted octanol–water partition coefficient (Wildman–Crippen LogP) is 1.23. The van der Waals surface area contributed by atoms with Gasteiger partial charge in [0.25, 0.3) is 0 Å². The van der Waals surface area contributed by atoms with E-state index in [9.17, 15) is 13.2 Å². The highest BCUT2D eigenvalue weighted by molar-refractivity contribution is 7.92. The summed E-state index contributed by atoms with van der Waals surface area (Å²) < 4.78 is 28.7. The first-order valence-corrected chi connectivity index (χ1v) is 8.57. The van der Waals surface area contributed by atoms with Crippen molar-refractivity contribution in [2.75, 3.05) is 26.5 Å². The van der Waals surface area contributed by atoms with Gasteiger partial charge in [-0.15, -0.1) is 0 Å². The zero-order chi connectivity index (χ0) is 14.5. The number of piperidine rings is 1. The van der Waals surface area contributed by atoms with Crippen LogP contribution in [-0.4, -0.2) is 57.0 Å². The van der Waals surface area contributed by atoms with Crippen molar-refractivity contribution in [1.29, 1.82) is 0 Å². The number of rotatable bonds is 6. The monoisotopic (exact) mass is 291 g/mol. The Morgan fingerprint density at radius 2 is 2.11 bits per heavy atom. The number of likely N-dealkylation sites (tertiary alicyclic amines) is 1. The molecule has 1 aliphatic heterocycles. The van der Waals surface area contributed by atoms with Crippen LogP contribution in [0.5, 0.6) is 0 Å². The number of carbonyl (C=O) groups is 1. The molecule has 0 aromatic carbocycles. The highest BCUT2D eigenvalue weighted by Crippen LogP contribution is 2.19. The van der Waals surface area contributed by atoms with Crippen LogP contribution in [0.1, 0.15) is 39.0 Å². The van der Waals surface area contributed by atoms with Crippen molar-refractivity contribution in [3.05, 3.63) is 0 Å². The summed E-state index contributed by atoms with van der Waals surface area (Å²) in [7, 11) is 0.111. The number of ether oxygens (including phenoxy) is 1. The smallest absolute Gasteiger partial charge is 0.306 e. The van der Waals surface area contributed by atoms with Crippen molar-refractivity contribution in [1.82, 2.24) is 4.90 Å². The van der Waals surface area contributed by atoms with Crippen LogP contribution in [0.15, 0.2) is 0 Å². The van der Waals surface area contributed by atoms with E-state index in [2.05, 4.69) is 9.64 Å². The Morgan fingerprint density at radius 3 is 2.68 bits per heavy atom. The predicted molar refractivity (Wildman–Crippen MR) is 74.8 cm³/mol. The van der Waals surface area contributed by atoms with E-state index >= 15 is 0 Å². The summed E-state index contributed by atoms with van der Waals surface area (Å²) in [6, 6.07) is 0.355. The molecule has 0 amide bonds. The SMILES string of the molecule is COC(=O)CC(C)S(=O)(=O)CCC1CCCCN1C. The summed E-state index contributed by atoms with van der Waals surface area (Å²) in [5, 5.41) is -0.658. The van der Waals surface area contributed by atoms with E-state index in [4.69, 9.17) is 0 Å². The number of hydrogen-bond acceptors (Lipinski definition) is 5. The first-order chi connectivity index (χ1) is 8.86. The minimum absolute atomic E-state index is 0.0562. The Labute approximate surface area is 116 Å².